The molecule has 2 atom stereocenters. The van der Waals surface area contributed by atoms with E-state index in [2.05, 4.69) is 0 Å². The van der Waals surface area contributed by atoms with Crippen LogP contribution in [-0.4, -0.2) is 107 Å². The first kappa shape index (κ1) is 43.2. The molecule has 4 N–H and O–H groups in total. The van der Waals surface area contributed by atoms with Crippen molar-refractivity contribution < 1.29 is 62.9 Å². The fourth-order valence-electron chi connectivity index (χ4n) is 7.44. The average Bonchev–Trinajstić information content (AvgIpc) is 3.44. The van der Waals surface area contributed by atoms with Gasteiger partial charge in [0.25, 0.3) is 30.4 Å². The Morgan fingerprint density at radius 3 is 2.04 bits per heavy atom. The van der Waals surface area contributed by atoms with Crippen molar-refractivity contribution in [3.8, 4) is 0 Å². The normalized spacial score (nSPS) is 21.0. The van der Waals surface area contributed by atoms with E-state index in [0.29, 0.717) is 74.5 Å². The number of carboxylic acids is 1. The van der Waals surface area contributed by atoms with Crippen molar-refractivity contribution in [2.45, 2.75) is 79.4 Å². The maximum Gasteiger partial charge on any atom is 0.303 e. The number of aliphatic carboxylic acids is 1. The lowest BCUT2D eigenvalue weighted by Crippen LogP contribution is -2.32. The van der Waals surface area contributed by atoms with Crippen LogP contribution >= 0.6 is 0 Å². The number of unbranched alkanes of at least 4 members (excludes halogenated alkanes) is 2. The summed E-state index contributed by atoms with van der Waals surface area (Å²) in [6.45, 7) is 5.21. The molecule has 2 aliphatic heterocycles. The van der Waals surface area contributed by atoms with Crippen molar-refractivity contribution in [3.05, 3.63) is 71.5 Å². The van der Waals surface area contributed by atoms with Gasteiger partial charge in [-0.3, -0.25) is 18.5 Å². The first-order chi connectivity index (χ1) is 25.2. The molecule has 2 aliphatic rings. The molecular formula is C36H49N2O13S3+. The number of carboxylic acid groups (broad SMARTS) is 1. The lowest BCUT2D eigenvalue weighted by molar-refractivity contribution is -0.438. The highest BCUT2D eigenvalue weighted by atomic mass is 32.2. The fraction of sp³-hybridized carbons (Fsp3) is 0.500. The molecule has 54 heavy (non-hydrogen) atoms. The van der Waals surface area contributed by atoms with Crippen LogP contribution in [0.1, 0.15) is 69.9 Å². The summed E-state index contributed by atoms with van der Waals surface area (Å²) in [5, 5.41) is 9.13. The lowest BCUT2D eigenvalue weighted by Gasteiger charge is -2.30. The van der Waals surface area contributed by atoms with E-state index in [0.717, 1.165) is 11.4 Å². The zero-order valence-corrected chi connectivity index (χ0v) is 33.2. The van der Waals surface area contributed by atoms with Crippen molar-refractivity contribution in [3.63, 3.8) is 0 Å². The van der Waals surface area contributed by atoms with Gasteiger partial charge in [-0.15, -0.1) is 0 Å². The van der Waals surface area contributed by atoms with Gasteiger partial charge in [0.05, 0.1) is 27.6 Å². The van der Waals surface area contributed by atoms with E-state index in [9.17, 15) is 43.7 Å². The number of rotatable bonds is 20. The van der Waals surface area contributed by atoms with Gasteiger partial charge < -0.3 is 19.5 Å². The Balaban J connectivity index is 1.91. The minimum atomic E-state index is -4.61. The summed E-state index contributed by atoms with van der Waals surface area (Å²) in [6, 6.07) is 8.65. The molecule has 298 valence electrons. The third-order valence-electron chi connectivity index (χ3n) is 10.2. The van der Waals surface area contributed by atoms with Gasteiger partial charge in [-0.2, -0.15) is 29.8 Å². The van der Waals surface area contributed by atoms with Gasteiger partial charge in [0, 0.05) is 74.7 Å². The van der Waals surface area contributed by atoms with Gasteiger partial charge in [-0.05, 0) is 87.9 Å². The van der Waals surface area contributed by atoms with Crippen molar-refractivity contribution in [2.24, 2.45) is 0 Å². The lowest BCUT2D eigenvalue weighted by atomic mass is 9.75. The Morgan fingerprint density at radius 1 is 0.815 bits per heavy atom. The number of allylic oxidation sites excluding steroid dienone is 4. The Kier molecular flexibility index (Phi) is 13.7. The predicted octanol–water partition coefficient (Wildman–Crippen LogP) is 4.75. The third-order valence-corrected chi connectivity index (χ3v) is 12.7. The molecule has 2 aromatic carbocycles. The highest BCUT2D eigenvalue weighted by Crippen LogP contribution is 2.51. The van der Waals surface area contributed by atoms with E-state index in [1.807, 2.05) is 35.5 Å². The molecule has 18 heteroatoms. The van der Waals surface area contributed by atoms with Crippen LogP contribution in [0.2, 0.25) is 0 Å². The molecule has 0 radical (unpaired) electrons. The minimum Gasteiger partial charge on any atom is -0.481 e. The molecule has 0 spiro atoms. The van der Waals surface area contributed by atoms with E-state index in [1.54, 1.807) is 32.4 Å². The smallest absolute Gasteiger partial charge is 0.303 e. The number of benzene rings is 2. The van der Waals surface area contributed by atoms with Crippen LogP contribution in [0, 0.1) is 0 Å². The van der Waals surface area contributed by atoms with Gasteiger partial charge in [0.15, 0.2) is 5.71 Å². The van der Waals surface area contributed by atoms with Crippen molar-refractivity contribution in [1.82, 2.24) is 0 Å². The summed E-state index contributed by atoms with van der Waals surface area (Å²) < 4.78 is 115. The van der Waals surface area contributed by atoms with Crippen LogP contribution in [0.3, 0.4) is 0 Å². The van der Waals surface area contributed by atoms with Gasteiger partial charge in [0.1, 0.15) is 6.54 Å². The Hall–Kier alpha value is -3.49. The maximum atomic E-state index is 12.3. The molecule has 0 saturated heterocycles. The molecule has 0 saturated carbocycles. The van der Waals surface area contributed by atoms with Crippen molar-refractivity contribution in [1.29, 1.82) is 0 Å². The maximum absolute atomic E-state index is 12.3. The number of hydrogen-bond donors (Lipinski definition) is 4. The second kappa shape index (κ2) is 17.1. The first-order valence-corrected chi connectivity index (χ1v) is 21.9. The van der Waals surface area contributed by atoms with Crippen LogP contribution in [0.25, 0.3) is 0 Å². The quantitative estimate of drug-likeness (QED) is 0.0805. The van der Waals surface area contributed by atoms with E-state index >= 15 is 0 Å². The van der Waals surface area contributed by atoms with E-state index in [1.165, 1.54) is 24.3 Å². The summed E-state index contributed by atoms with van der Waals surface area (Å²) in [7, 11) is -10.3. The zero-order valence-electron chi connectivity index (χ0n) is 30.8. The summed E-state index contributed by atoms with van der Waals surface area (Å²) in [4.78, 5) is 12.5. The molecule has 0 amide bonds. The predicted molar refractivity (Wildman–Crippen MR) is 202 cm³/mol. The standard InChI is InChI=1S/C36H48N2O13S3/c1-35(17-9-23-52(41,42)43)28-24-26(53(44,45)46)13-15-30(28)37(19-7-5-6-12-34(39)40)32(35)10-8-11-33-36(2,18-21-50-3)29-25-27(54(47,48)49)14-16-31(29)38(33)20-22-51-4/h8,10-11,13-16,24-25H,5-7,9,12,17-23H2,1-4H3,(H3-,39,40,41,42,43,44,45,46,47,48,49)/p+1. The number of anilines is 1. The molecule has 2 aromatic rings. The van der Waals surface area contributed by atoms with Gasteiger partial charge in [-0.1, -0.05) is 6.08 Å². The molecule has 0 aliphatic carbocycles. The second-order valence-electron chi connectivity index (χ2n) is 13.9. The summed E-state index contributed by atoms with van der Waals surface area (Å²) in [5.74, 6) is -1.45. The molecule has 4 rings (SSSR count). The van der Waals surface area contributed by atoms with Crippen LogP contribution in [0.15, 0.2) is 70.1 Å². The highest BCUT2D eigenvalue weighted by Gasteiger charge is 2.48. The molecular weight excluding hydrogens is 765 g/mol. The summed E-state index contributed by atoms with van der Waals surface area (Å²) in [5.41, 5.74) is 2.13. The largest absolute Gasteiger partial charge is 0.481 e. The van der Waals surface area contributed by atoms with Crippen molar-refractivity contribution in [2.75, 3.05) is 51.2 Å². The number of hydrogen-bond acceptors (Lipinski definition) is 10. The number of carbonyl (C=O) groups is 1. The van der Waals surface area contributed by atoms with Gasteiger partial charge in [0.2, 0.25) is 5.69 Å². The minimum absolute atomic E-state index is 0.00122. The van der Waals surface area contributed by atoms with Crippen LogP contribution in [-0.2, 0) is 55.5 Å². The third kappa shape index (κ3) is 9.84. The highest BCUT2D eigenvalue weighted by molar-refractivity contribution is 7.86. The van der Waals surface area contributed by atoms with Gasteiger partial charge >= 0.3 is 5.97 Å². The Bertz CT molecular complexity index is 2160. The molecule has 2 unspecified atom stereocenters. The topological polar surface area (TPSA) is 225 Å². The van der Waals surface area contributed by atoms with E-state index < -0.39 is 52.9 Å². The number of methoxy groups -OCH3 is 2. The van der Waals surface area contributed by atoms with Crippen LogP contribution in [0.4, 0.5) is 11.4 Å². The molecule has 0 aromatic heterocycles. The zero-order chi connectivity index (χ0) is 40.1. The molecule has 2 heterocycles. The SMILES string of the molecule is COCCN1/C(=C/C=C/C2=[N+](CCCCCC(=O)O)c3ccc(S(=O)(=O)O)cc3C2(C)CCCS(=O)(=O)O)C(C)(CCOC)c2cc(S(=O)(=O)O)ccc21. The van der Waals surface area contributed by atoms with Crippen LogP contribution in [0.5, 0.6) is 0 Å². The number of nitrogens with zero attached hydrogens (tertiary/aromatic N) is 2. The van der Waals surface area contributed by atoms with Gasteiger partial charge in [-0.25, -0.2) is 0 Å². The van der Waals surface area contributed by atoms with Crippen molar-refractivity contribution >= 4 is 53.4 Å². The Labute approximate surface area is 317 Å². The van der Waals surface area contributed by atoms with Crippen LogP contribution < -0.4 is 4.90 Å². The first-order valence-electron chi connectivity index (χ1n) is 17.4. The average molecular weight is 814 g/mol. The Morgan fingerprint density at radius 2 is 1.44 bits per heavy atom. The van der Waals surface area contributed by atoms with E-state index in [4.69, 9.17) is 14.6 Å². The summed E-state index contributed by atoms with van der Waals surface area (Å²) in [6.07, 6.45) is 7.72. The molecule has 0 fully saturated rings. The molecule has 0 bridgehead atoms. The number of fused-ring (bicyclic) bond motifs is 2. The monoisotopic (exact) mass is 813 g/mol. The number of ether oxygens (including phenoxy) is 2. The fourth-order valence-corrected chi connectivity index (χ4v) is 8.97. The molecule has 15 nitrogen and oxygen atoms in total. The van der Waals surface area contributed by atoms with E-state index in [-0.39, 0.29) is 29.1 Å². The second-order valence-corrected chi connectivity index (χ2v) is 18.3. The summed E-state index contributed by atoms with van der Waals surface area (Å²) >= 11 is 0.